The lowest BCUT2D eigenvalue weighted by Gasteiger charge is -2.31. The summed E-state index contributed by atoms with van der Waals surface area (Å²) in [5, 5.41) is 13.7. The molecule has 3 atom stereocenters. The summed E-state index contributed by atoms with van der Waals surface area (Å²) in [6, 6.07) is 0.700. The summed E-state index contributed by atoms with van der Waals surface area (Å²) in [6.45, 7) is 5.46. The second-order valence-corrected chi connectivity index (χ2v) is 6.94. The smallest absolute Gasteiger partial charge is 0.0632 e. The first kappa shape index (κ1) is 15.3. The SMILES string of the molecule is CNC1CCCCCC1CN1CCCC(C)(O)CC1. The predicted molar refractivity (Wildman–Crippen MR) is 80.3 cm³/mol. The lowest BCUT2D eigenvalue weighted by atomic mass is 9.94. The standard InChI is InChI=1S/C16H32N2O/c1-16(19)9-6-11-18(12-10-16)13-14-7-4-3-5-8-15(14)17-2/h14-15,17,19H,3-13H2,1-2H3. The van der Waals surface area contributed by atoms with E-state index in [0.717, 1.165) is 31.7 Å². The van der Waals surface area contributed by atoms with Crippen molar-refractivity contribution in [3.8, 4) is 0 Å². The maximum atomic E-state index is 10.2. The normalized spacial score (nSPS) is 38.7. The van der Waals surface area contributed by atoms with Crippen LogP contribution in [0.2, 0.25) is 0 Å². The number of nitrogens with zero attached hydrogens (tertiary/aromatic N) is 1. The van der Waals surface area contributed by atoms with Crippen LogP contribution in [0, 0.1) is 5.92 Å². The highest BCUT2D eigenvalue weighted by molar-refractivity contribution is 4.84. The molecule has 1 aliphatic carbocycles. The van der Waals surface area contributed by atoms with Gasteiger partial charge in [-0.2, -0.15) is 0 Å². The maximum Gasteiger partial charge on any atom is 0.0632 e. The average molecular weight is 268 g/mol. The summed E-state index contributed by atoms with van der Waals surface area (Å²) in [6.07, 6.45) is 9.94. The quantitative estimate of drug-likeness (QED) is 0.772. The van der Waals surface area contributed by atoms with Gasteiger partial charge in [-0.3, -0.25) is 0 Å². The zero-order valence-corrected chi connectivity index (χ0v) is 12.8. The Labute approximate surface area is 118 Å². The molecule has 0 aromatic carbocycles. The zero-order valence-electron chi connectivity index (χ0n) is 12.8. The van der Waals surface area contributed by atoms with Gasteiger partial charge < -0.3 is 15.3 Å². The molecule has 1 saturated heterocycles. The molecule has 0 bridgehead atoms. The largest absolute Gasteiger partial charge is 0.390 e. The summed E-state index contributed by atoms with van der Waals surface area (Å²) in [4.78, 5) is 2.60. The van der Waals surface area contributed by atoms with E-state index in [4.69, 9.17) is 0 Å². The van der Waals surface area contributed by atoms with Gasteiger partial charge in [0.15, 0.2) is 0 Å². The molecule has 1 aliphatic heterocycles. The molecule has 0 aromatic rings. The van der Waals surface area contributed by atoms with Crippen LogP contribution in [0.3, 0.4) is 0 Å². The number of nitrogens with one attached hydrogen (secondary N) is 1. The van der Waals surface area contributed by atoms with Crippen LogP contribution in [0.4, 0.5) is 0 Å². The van der Waals surface area contributed by atoms with Crippen LogP contribution in [0.5, 0.6) is 0 Å². The van der Waals surface area contributed by atoms with Gasteiger partial charge in [-0.1, -0.05) is 19.3 Å². The first-order valence-corrected chi connectivity index (χ1v) is 8.23. The van der Waals surface area contributed by atoms with Gasteiger partial charge in [-0.25, -0.2) is 0 Å². The van der Waals surface area contributed by atoms with E-state index in [2.05, 4.69) is 17.3 Å². The van der Waals surface area contributed by atoms with E-state index < -0.39 is 5.60 Å². The fourth-order valence-electron chi connectivity index (χ4n) is 3.82. The Morgan fingerprint density at radius 1 is 1.11 bits per heavy atom. The van der Waals surface area contributed by atoms with Crippen LogP contribution in [0.15, 0.2) is 0 Å². The number of hydrogen-bond donors (Lipinski definition) is 2. The van der Waals surface area contributed by atoms with Crippen molar-refractivity contribution in [1.82, 2.24) is 10.2 Å². The zero-order chi connectivity index (χ0) is 13.7. The lowest BCUT2D eigenvalue weighted by Crippen LogP contribution is -2.41. The van der Waals surface area contributed by atoms with Gasteiger partial charge in [0.05, 0.1) is 5.60 Å². The summed E-state index contributed by atoms with van der Waals surface area (Å²) in [5.74, 6) is 0.801. The molecule has 2 rings (SSSR count). The van der Waals surface area contributed by atoms with Crippen LogP contribution in [0.1, 0.15) is 58.3 Å². The van der Waals surface area contributed by atoms with Crippen molar-refractivity contribution in [3.63, 3.8) is 0 Å². The monoisotopic (exact) mass is 268 g/mol. The van der Waals surface area contributed by atoms with Crippen LogP contribution in [-0.2, 0) is 0 Å². The van der Waals surface area contributed by atoms with E-state index in [0.29, 0.717) is 6.04 Å². The number of hydrogen-bond acceptors (Lipinski definition) is 3. The molecule has 3 unspecified atom stereocenters. The third-order valence-corrected chi connectivity index (χ3v) is 5.18. The van der Waals surface area contributed by atoms with E-state index in [1.54, 1.807) is 0 Å². The Hall–Kier alpha value is -0.120. The minimum Gasteiger partial charge on any atom is -0.390 e. The van der Waals surface area contributed by atoms with E-state index in [1.807, 2.05) is 6.92 Å². The van der Waals surface area contributed by atoms with Crippen molar-refractivity contribution in [1.29, 1.82) is 0 Å². The van der Waals surface area contributed by atoms with Gasteiger partial charge in [-0.15, -0.1) is 0 Å². The van der Waals surface area contributed by atoms with E-state index in [-0.39, 0.29) is 0 Å². The third kappa shape index (κ3) is 4.73. The van der Waals surface area contributed by atoms with Crippen molar-refractivity contribution in [2.75, 3.05) is 26.7 Å². The highest BCUT2D eigenvalue weighted by Crippen LogP contribution is 2.27. The molecule has 0 aromatic heterocycles. The van der Waals surface area contributed by atoms with Gasteiger partial charge in [0.2, 0.25) is 0 Å². The molecule has 2 N–H and O–H groups in total. The summed E-state index contributed by atoms with van der Waals surface area (Å²) in [7, 11) is 2.12. The van der Waals surface area contributed by atoms with Gasteiger partial charge in [-0.05, 0) is 58.5 Å². The fraction of sp³-hybridized carbons (Fsp3) is 1.00. The summed E-state index contributed by atoms with van der Waals surface area (Å²) in [5.41, 5.74) is -0.430. The van der Waals surface area contributed by atoms with Crippen molar-refractivity contribution in [2.45, 2.75) is 69.9 Å². The van der Waals surface area contributed by atoms with E-state index in [1.165, 1.54) is 45.2 Å². The van der Waals surface area contributed by atoms with Crippen LogP contribution >= 0.6 is 0 Å². The molecule has 3 nitrogen and oxygen atoms in total. The summed E-state index contributed by atoms with van der Waals surface area (Å²) >= 11 is 0. The second kappa shape index (κ2) is 7.05. The first-order chi connectivity index (χ1) is 9.11. The molecule has 3 heteroatoms. The molecule has 0 spiro atoms. The Morgan fingerprint density at radius 3 is 2.68 bits per heavy atom. The average Bonchev–Trinajstić information content (AvgIpc) is 2.69. The minimum atomic E-state index is -0.430. The predicted octanol–water partition coefficient (Wildman–Crippen LogP) is 2.39. The maximum absolute atomic E-state index is 10.2. The molecular formula is C16H32N2O. The lowest BCUT2D eigenvalue weighted by molar-refractivity contribution is 0.0438. The molecule has 2 fully saturated rings. The highest BCUT2D eigenvalue weighted by atomic mass is 16.3. The number of rotatable bonds is 3. The van der Waals surface area contributed by atoms with E-state index in [9.17, 15) is 5.11 Å². The number of aliphatic hydroxyl groups is 1. The molecule has 0 amide bonds. The Balaban J connectivity index is 1.87. The van der Waals surface area contributed by atoms with Gasteiger partial charge in [0, 0.05) is 19.1 Å². The Morgan fingerprint density at radius 2 is 1.89 bits per heavy atom. The fourth-order valence-corrected chi connectivity index (χ4v) is 3.82. The third-order valence-electron chi connectivity index (χ3n) is 5.18. The molecule has 112 valence electrons. The first-order valence-electron chi connectivity index (χ1n) is 8.23. The Kier molecular flexibility index (Phi) is 5.67. The molecule has 2 aliphatic rings. The van der Waals surface area contributed by atoms with Gasteiger partial charge in [0.25, 0.3) is 0 Å². The molecule has 19 heavy (non-hydrogen) atoms. The van der Waals surface area contributed by atoms with Crippen molar-refractivity contribution < 1.29 is 5.11 Å². The molecule has 0 radical (unpaired) electrons. The number of likely N-dealkylation sites (tertiary alicyclic amines) is 1. The van der Waals surface area contributed by atoms with Crippen LogP contribution < -0.4 is 5.32 Å². The summed E-state index contributed by atoms with van der Waals surface area (Å²) < 4.78 is 0. The molecule has 1 heterocycles. The minimum absolute atomic E-state index is 0.430. The highest BCUT2D eigenvalue weighted by Gasteiger charge is 2.28. The van der Waals surface area contributed by atoms with Gasteiger partial charge >= 0.3 is 0 Å². The van der Waals surface area contributed by atoms with Crippen molar-refractivity contribution >= 4 is 0 Å². The van der Waals surface area contributed by atoms with E-state index >= 15 is 0 Å². The molecular weight excluding hydrogens is 236 g/mol. The second-order valence-electron chi connectivity index (χ2n) is 6.94. The Bertz CT molecular complexity index is 267. The topological polar surface area (TPSA) is 35.5 Å². The van der Waals surface area contributed by atoms with Crippen molar-refractivity contribution in [3.05, 3.63) is 0 Å². The van der Waals surface area contributed by atoms with Crippen LogP contribution in [-0.4, -0.2) is 48.3 Å². The molecule has 1 saturated carbocycles. The van der Waals surface area contributed by atoms with Crippen LogP contribution in [0.25, 0.3) is 0 Å². The van der Waals surface area contributed by atoms with Gasteiger partial charge in [0.1, 0.15) is 0 Å². The van der Waals surface area contributed by atoms with Crippen molar-refractivity contribution in [2.24, 2.45) is 5.92 Å².